The average Bonchev–Trinajstić information content (AvgIpc) is 2.52. The lowest BCUT2D eigenvalue weighted by Gasteiger charge is -2.22. The van der Waals surface area contributed by atoms with E-state index < -0.39 is 9.84 Å². The van der Waals surface area contributed by atoms with E-state index in [1.807, 2.05) is 4.90 Å². The Labute approximate surface area is 102 Å². The Hall–Kier alpha value is -0.780. The smallest absolute Gasteiger partial charge is 0.317 e. The van der Waals surface area contributed by atoms with E-state index in [2.05, 4.69) is 5.32 Å². The zero-order chi connectivity index (χ0) is 12.3. The molecule has 2 heterocycles. The lowest BCUT2D eigenvalue weighted by molar-refractivity contribution is 0.196. The quantitative estimate of drug-likeness (QED) is 0.757. The predicted molar refractivity (Wildman–Crippen MR) is 65.6 cm³/mol. The van der Waals surface area contributed by atoms with Gasteiger partial charge in [0.2, 0.25) is 0 Å². The second kappa shape index (κ2) is 5.25. The molecule has 2 aliphatic heterocycles. The molecule has 0 aromatic heterocycles. The fourth-order valence-electron chi connectivity index (χ4n) is 2.45. The topological polar surface area (TPSA) is 66.5 Å². The lowest BCUT2D eigenvalue weighted by atomic mass is 10.2. The van der Waals surface area contributed by atoms with Gasteiger partial charge >= 0.3 is 6.03 Å². The number of carbonyl (C=O) groups excluding carboxylic acids is 1. The monoisotopic (exact) mass is 260 g/mol. The van der Waals surface area contributed by atoms with Crippen molar-refractivity contribution in [2.24, 2.45) is 0 Å². The number of sulfone groups is 1. The Bertz CT molecular complexity index is 372. The van der Waals surface area contributed by atoms with Gasteiger partial charge in [-0.3, -0.25) is 0 Å². The average molecular weight is 260 g/mol. The van der Waals surface area contributed by atoms with Gasteiger partial charge in [-0.1, -0.05) is 12.8 Å². The third-order valence-electron chi connectivity index (χ3n) is 3.45. The van der Waals surface area contributed by atoms with Crippen LogP contribution in [0.4, 0.5) is 4.79 Å². The predicted octanol–water partition coefficient (Wildman–Crippen LogP) is 0.759. The fourth-order valence-corrected chi connectivity index (χ4v) is 4.12. The molecule has 2 rings (SSSR count). The Morgan fingerprint density at radius 3 is 2.29 bits per heavy atom. The summed E-state index contributed by atoms with van der Waals surface area (Å²) in [4.78, 5) is 13.8. The van der Waals surface area contributed by atoms with Crippen LogP contribution in [-0.4, -0.2) is 50.0 Å². The zero-order valence-electron chi connectivity index (χ0n) is 10.0. The number of hydrogen-bond donors (Lipinski definition) is 1. The molecule has 0 bridgehead atoms. The maximum atomic E-state index is 11.9. The number of nitrogens with one attached hydrogen (secondary N) is 1. The van der Waals surface area contributed by atoms with E-state index in [-0.39, 0.29) is 23.6 Å². The van der Waals surface area contributed by atoms with Crippen molar-refractivity contribution in [3.63, 3.8) is 0 Å². The highest BCUT2D eigenvalue weighted by atomic mass is 32.2. The number of carbonyl (C=O) groups is 1. The van der Waals surface area contributed by atoms with Crippen LogP contribution < -0.4 is 5.32 Å². The summed E-state index contributed by atoms with van der Waals surface area (Å²) in [7, 11) is -2.91. The summed E-state index contributed by atoms with van der Waals surface area (Å²) in [5.74, 6) is 0.310. The maximum absolute atomic E-state index is 11.9. The van der Waals surface area contributed by atoms with Gasteiger partial charge in [-0.05, 0) is 19.3 Å². The first-order chi connectivity index (χ1) is 8.07. The van der Waals surface area contributed by atoms with Gasteiger partial charge in [0.25, 0.3) is 0 Å². The summed E-state index contributed by atoms with van der Waals surface area (Å²) in [6.45, 7) is 1.59. The number of amides is 2. The van der Waals surface area contributed by atoms with Gasteiger partial charge in [-0.2, -0.15) is 0 Å². The largest absolute Gasteiger partial charge is 0.334 e. The highest BCUT2D eigenvalue weighted by molar-refractivity contribution is 7.91. The number of likely N-dealkylation sites (tertiary alicyclic amines) is 1. The van der Waals surface area contributed by atoms with E-state index in [9.17, 15) is 13.2 Å². The third kappa shape index (κ3) is 3.59. The first-order valence-electron chi connectivity index (χ1n) is 6.33. The van der Waals surface area contributed by atoms with Crippen molar-refractivity contribution in [3.8, 4) is 0 Å². The molecule has 0 spiro atoms. The zero-order valence-corrected chi connectivity index (χ0v) is 10.8. The molecule has 2 amide bonds. The van der Waals surface area contributed by atoms with Crippen molar-refractivity contribution in [2.75, 3.05) is 24.6 Å². The highest BCUT2D eigenvalue weighted by Gasteiger charge is 2.30. The van der Waals surface area contributed by atoms with Gasteiger partial charge in [0, 0.05) is 19.1 Å². The Morgan fingerprint density at radius 2 is 1.76 bits per heavy atom. The number of hydrogen-bond acceptors (Lipinski definition) is 3. The van der Waals surface area contributed by atoms with Gasteiger partial charge in [0.15, 0.2) is 9.84 Å². The van der Waals surface area contributed by atoms with Crippen LogP contribution in [0.3, 0.4) is 0 Å². The first kappa shape index (κ1) is 12.7. The van der Waals surface area contributed by atoms with Crippen LogP contribution in [0, 0.1) is 0 Å². The molecule has 98 valence electrons. The van der Waals surface area contributed by atoms with Crippen LogP contribution in [0.2, 0.25) is 0 Å². The summed E-state index contributed by atoms with van der Waals surface area (Å²) < 4.78 is 22.6. The van der Waals surface area contributed by atoms with Gasteiger partial charge in [-0.15, -0.1) is 0 Å². The minimum Gasteiger partial charge on any atom is -0.334 e. The normalized spacial score (nSPS) is 28.7. The van der Waals surface area contributed by atoms with E-state index in [1.54, 1.807) is 0 Å². The number of rotatable bonds is 1. The number of urea groups is 1. The minimum atomic E-state index is -2.91. The van der Waals surface area contributed by atoms with E-state index in [4.69, 9.17) is 0 Å². The Balaban J connectivity index is 1.84. The molecule has 1 atom stereocenters. The van der Waals surface area contributed by atoms with Gasteiger partial charge in [0.1, 0.15) is 0 Å². The molecule has 0 aromatic rings. The maximum Gasteiger partial charge on any atom is 0.317 e. The molecule has 0 aromatic carbocycles. The second-order valence-corrected chi connectivity index (χ2v) is 7.18. The minimum absolute atomic E-state index is 0.0889. The van der Waals surface area contributed by atoms with E-state index >= 15 is 0 Å². The van der Waals surface area contributed by atoms with Gasteiger partial charge in [-0.25, -0.2) is 13.2 Å². The summed E-state index contributed by atoms with van der Waals surface area (Å²) in [6.07, 6.45) is 5.03. The molecule has 0 radical (unpaired) electrons. The molecule has 6 heteroatoms. The van der Waals surface area contributed by atoms with Crippen LogP contribution in [-0.2, 0) is 9.84 Å². The second-order valence-electron chi connectivity index (χ2n) is 4.95. The molecule has 5 nitrogen and oxygen atoms in total. The Morgan fingerprint density at radius 1 is 1.12 bits per heavy atom. The van der Waals surface area contributed by atoms with Crippen LogP contribution in [0.15, 0.2) is 0 Å². The van der Waals surface area contributed by atoms with Crippen molar-refractivity contribution in [3.05, 3.63) is 0 Å². The highest BCUT2D eigenvalue weighted by Crippen LogP contribution is 2.13. The molecular weight excluding hydrogens is 240 g/mol. The Kier molecular flexibility index (Phi) is 3.91. The van der Waals surface area contributed by atoms with Gasteiger partial charge in [0.05, 0.1) is 11.5 Å². The first-order valence-corrected chi connectivity index (χ1v) is 8.15. The van der Waals surface area contributed by atoms with Crippen LogP contribution >= 0.6 is 0 Å². The fraction of sp³-hybridized carbons (Fsp3) is 0.909. The summed E-state index contributed by atoms with van der Waals surface area (Å²) >= 11 is 0. The van der Waals surface area contributed by atoms with Crippen molar-refractivity contribution >= 4 is 15.9 Å². The van der Waals surface area contributed by atoms with Crippen molar-refractivity contribution in [1.82, 2.24) is 10.2 Å². The molecular formula is C11H20N2O3S. The molecule has 1 N–H and O–H groups in total. The summed E-state index contributed by atoms with van der Waals surface area (Å²) in [5, 5.41) is 2.84. The molecule has 2 saturated heterocycles. The summed E-state index contributed by atoms with van der Waals surface area (Å²) in [5.41, 5.74) is 0. The van der Waals surface area contributed by atoms with E-state index in [1.165, 1.54) is 12.8 Å². The molecule has 2 aliphatic rings. The van der Waals surface area contributed by atoms with E-state index in [0.29, 0.717) is 6.42 Å². The molecule has 0 aliphatic carbocycles. The molecule has 0 unspecified atom stereocenters. The van der Waals surface area contributed by atoms with E-state index in [0.717, 1.165) is 25.9 Å². The third-order valence-corrected chi connectivity index (χ3v) is 5.22. The molecule has 2 fully saturated rings. The summed E-state index contributed by atoms with van der Waals surface area (Å²) in [6, 6.07) is -0.273. The number of nitrogens with zero attached hydrogens (tertiary/aromatic N) is 1. The van der Waals surface area contributed by atoms with Crippen molar-refractivity contribution in [2.45, 2.75) is 38.1 Å². The standard InChI is InChI=1S/C11H20N2O3S/c14-11(13-6-3-1-2-4-7-13)12-10-5-8-17(15,16)9-10/h10H,1-9H2,(H,12,14)/t10-/m1/s1. The SMILES string of the molecule is O=C(N[C@@H]1CCS(=O)(=O)C1)N1CCCCCC1. The van der Waals surface area contributed by atoms with Crippen molar-refractivity contribution < 1.29 is 13.2 Å². The van der Waals surface area contributed by atoms with Crippen molar-refractivity contribution in [1.29, 1.82) is 0 Å². The van der Waals surface area contributed by atoms with Crippen LogP contribution in [0.25, 0.3) is 0 Å². The lowest BCUT2D eigenvalue weighted by Crippen LogP contribution is -2.45. The molecule has 17 heavy (non-hydrogen) atoms. The van der Waals surface area contributed by atoms with Gasteiger partial charge < -0.3 is 10.2 Å². The van der Waals surface area contributed by atoms with Crippen LogP contribution in [0.5, 0.6) is 0 Å². The van der Waals surface area contributed by atoms with Crippen LogP contribution in [0.1, 0.15) is 32.1 Å². The molecule has 0 saturated carbocycles.